The molecular weight excluding hydrogens is 204 g/mol. The van der Waals surface area contributed by atoms with Crippen molar-refractivity contribution in [2.24, 2.45) is 5.84 Å². The first-order chi connectivity index (χ1) is 7.74. The van der Waals surface area contributed by atoms with Gasteiger partial charge in [-0.1, -0.05) is 6.92 Å². The summed E-state index contributed by atoms with van der Waals surface area (Å²) in [5.41, 5.74) is 3.63. The van der Waals surface area contributed by atoms with Crippen LogP contribution in [0.15, 0.2) is 18.5 Å². The lowest BCUT2D eigenvalue weighted by Crippen LogP contribution is -2.32. The van der Waals surface area contributed by atoms with Gasteiger partial charge >= 0.3 is 0 Å². The van der Waals surface area contributed by atoms with Crippen molar-refractivity contribution >= 4 is 11.6 Å². The molecule has 0 saturated heterocycles. The van der Waals surface area contributed by atoms with Crippen molar-refractivity contribution in [3.8, 4) is 0 Å². The molecule has 88 valence electrons. The summed E-state index contributed by atoms with van der Waals surface area (Å²) in [6.07, 6.45) is 4.07. The quantitative estimate of drug-likeness (QED) is 0.581. The lowest BCUT2D eigenvalue weighted by molar-refractivity contribution is 0.0765. The van der Waals surface area contributed by atoms with Crippen LogP contribution in [0.3, 0.4) is 0 Å². The molecule has 0 aliphatic rings. The number of nitrogen functional groups attached to an aromatic ring is 1. The number of hydrazine groups is 1. The van der Waals surface area contributed by atoms with E-state index in [0.717, 1.165) is 13.0 Å². The Kier molecular flexibility index (Phi) is 4.72. The number of hydrogen-bond acceptors (Lipinski definition) is 4. The second kappa shape index (κ2) is 6.07. The van der Waals surface area contributed by atoms with Crippen molar-refractivity contribution in [1.82, 2.24) is 9.88 Å². The van der Waals surface area contributed by atoms with Gasteiger partial charge in [-0.05, 0) is 19.4 Å². The summed E-state index contributed by atoms with van der Waals surface area (Å²) in [5.74, 6) is 5.32. The highest BCUT2D eigenvalue weighted by molar-refractivity contribution is 5.99. The minimum atomic E-state index is -0.0367. The maximum atomic E-state index is 12.1. The Morgan fingerprint density at radius 1 is 1.56 bits per heavy atom. The fourth-order valence-corrected chi connectivity index (χ4v) is 1.53. The van der Waals surface area contributed by atoms with Crippen LogP contribution in [0.5, 0.6) is 0 Å². The van der Waals surface area contributed by atoms with Crippen LogP contribution in [0.1, 0.15) is 30.6 Å². The monoisotopic (exact) mass is 222 g/mol. The molecule has 0 aliphatic carbocycles. The van der Waals surface area contributed by atoms with E-state index in [-0.39, 0.29) is 5.91 Å². The van der Waals surface area contributed by atoms with Crippen molar-refractivity contribution in [3.63, 3.8) is 0 Å². The number of hydrogen-bond donors (Lipinski definition) is 2. The van der Waals surface area contributed by atoms with E-state index in [2.05, 4.69) is 10.4 Å². The van der Waals surface area contributed by atoms with Gasteiger partial charge < -0.3 is 10.3 Å². The minimum Gasteiger partial charge on any atom is -0.339 e. The van der Waals surface area contributed by atoms with Crippen LogP contribution in [0.4, 0.5) is 5.69 Å². The van der Waals surface area contributed by atoms with Gasteiger partial charge in [0.15, 0.2) is 0 Å². The summed E-state index contributed by atoms with van der Waals surface area (Å²) < 4.78 is 0. The number of aromatic nitrogens is 1. The molecule has 5 heteroatoms. The molecule has 1 heterocycles. The highest BCUT2D eigenvalue weighted by Crippen LogP contribution is 2.14. The molecule has 1 aromatic rings. The van der Waals surface area contributed by atoms with Gasteiger partial charge in [0.05, 0.1) is 11.3 Å². The zero-order chi connectivity index (χ0) is 12.0. The van der Waals surface area contributed by atoms with E-state index >= 15 is 0 Å². The molecule has 1 aromatic heterocycles. The van der Waals surface area contributed by atoms with E-state index < -0.39 is 0 Å². The predicted molar refractivity (Wildman–Crippen MR) is 63.9 cm³/mol. The van der Waals surface area contributed by atoms with Gasteiger partial charge in [0.2, 0.25) is 0 Å². The number of anilines is 1. The Balaban J connectivity index is 2.93. The molecule has 1 amide bonds. The van der Waals surface area contributed by atoms with Crippen molar-refractivity contribution in [2.75, 3.05) is 18.5 Å². The van der Waals surface area contributed by atoms with Gasteiger partial charge in [0.25, 0.3) is 5.91 Å². The zero-order valence-corrected chi connectivity index (χ0v) is 9.73. The van der Waals surface area contributed by atoms with Crippen LogP contribution < -0.4 is 11.3 Å². The summed E-state index contributed by atoms with van der Waals surface area (Å²) in [4.78, 5) is 17.9. The van der Waals surface area contributed by atoms with Crippen molar-refractivity contribution in [3.05, 3.63) is 24.0 Å². The molecule has 5 nitrogen and oxygen atoms in total. The van der Waals surface area contributed by atoms with Gasteiger partial charge in [0.1, 0.15) is 0 Å². The molecule has 0 spiro atoms. The van der Waals surface area contributed by atoms with E-state index in [4.69, 9.17) is 5.84 Å². The van der Waals surface area contributed by atoms with Gasteiger partial charge in [-0.15, -0.1) is 0 Å². The number of carbonyl (C=O) groups excluding carboxylic acids is 1. The number of amides is 1. The molecule has 3 N–H and O–H groups in total. The Morgan fingerprint density at radius 3 is 2.88 bits per heavy atom. The number of rotatable bonds is 5. The van der Waals surface area contributed by atoms with Crippen LogP contribution in [-0.4, -0.2) is 28.9 Å². The number of nitrogens with one attached hydrogen (secondary N) is 1. The number of carbonyl (C=O) groups is 1. The summed E-state index contributed by atoms with van der Waals surface area (Å²) >= 11 is 0. The molecule has 16 heavy (non-hydrogen) atoms. The van der Waals surface area contributed by atoms with Crippen LogP contribution >= 0.6 is 0 Å². The molecule has 0 bridgehead atoms. The maximum absolute atomic E-state index is 12.1. The van der Waals surface area contributed by atoms with Gasteiger partial charge in [0, 0.05) is 25.5 Å². The number of pyridine rings is 1. The highest BCUT2D eigenvalue weighted by atomic mass is 16.2. The van der Waals surface area contributed by atoms with Crippen LogP contribution in [0.2, 0.25) is 0 Å². The number of nitrogens with zero attached hydrogens (tertiary/aromatic N) is 2. The summed E-state index contributed by atoms with van der Waals surface area (Å²) in [7, 11) is 0. The lowest BCUT2D eigenvalue weighted by atomic mass is 10.2. The summed E-state index contributed by atoms with van der Waals surface area (Å²) in [6.45, 7) is 5.43. The normalized spacial score (nSPS) is 9.94. The molecule has 0 aliphatic heterocycles. The van der Waals surface area contributed by atoms with Crippen LogP contribution in [-0.2, 0) is 0 Å². The smallest absolute Gasteiger partial charge is 0.257 e. The molecule has 0 radical (unpaired) electrons. The van der Waals surface area contributed by atoms with Gasteiger partial charge in [-0.25, -0.2) is 0 Å². The zero-order valence-electron chi connectivity index (χ0n) is 9.73. The minimum absolute atomic E-state index is 0.0367. The first kappa shape index (κ1) is 12.4. The Hall–Kier alpha value is -1.62. The molecule has 1 rings (SSSR count). The summed E-state index contributed by atoms with van der Waals surface area (Å²) in [5, 5.41) is 0. The highest BCUT2D eigenvalue weighted by Gasteiger charge is 2.16. The van der Waals surface area contributed by atoms with Crippen LogP contribution in [0, 0.1) is 0 Å². The fraction of sp³-hybridized carbons (Fsp3) is 0.455. The Bertz CT molecular complexity index is 354. The average molecular weight is 222 g/mol. The van der Waals surface area contributed by atoms with E-state index in [9.17, 15) is 4.79 Å². The lowest BCUT2D eigenvalue weighted by Gasteiger charge is -2.21. The second-order valence-electron chi connectivity index (χ2n) is 3.45. The third-order valence-electron chi connectivity index (χ3n) is 2.37. The average Bonchev–Trinajstić information content (AvgIpc) is 2.35. The maximum Gasteiger partial charge on any atom is 0.257 e. The predicted octanol–water partition coefficient (Wildman–Crippen LogP) is 1.24. The number of nitrogens with two attached hydrogens (primary N) is 1. The first-order valence-electron chi connectivity index (χ1n) is 5.44. The van der Waals surface area contributed by atoms with Crippen LogP contribution in [0.25, 0.3) is 0 Å². The van der Waals surface area contributed by atoms with E-state index in [1.54, 1.807) is 17.2 Å². The topological polar surface area (TPSA) is 71.2 Å². The van der Waals surface area contributed by atoms with Crippen molar-refractivity contribution in [2.45, 2.75) is 20.3 Å². The van der Waals surface area contributed by atoms with E-state index in [1.165, 1.54) is 6.20 Å². The molecular formula is C11H18N4O. The molecule has 0 unspecified atom stereocenters. The van der Waals surface area contributed by atoms with E-state index in [0.29, 0.717) is 17.8 Å². The van der Waals surface area contributed by atoms with Gasteiger partial charge in [-0.2, -0.15) is 0 Å². The SMILES string of the molecule is CCCN(CC)C(=O)c1cnccc1NN. The second-order valence-corrected chi connectivity index (χ2v) is 3.45. The Morgan fingerprint density at radius 2 is 2.31 bits per heavy atom. The fourth-order valence-electron chi connectivity index (χ4n) is 1.53. The molecule has 0 saturated carbocycles. The summed E-state index contributed by atoms with van der Waals surface area (Å²) in [6, 6.07) is 1.69. The third-order valence-corrected chi connectivity index (χ3v) is 2.37. The van der Waals surface area contributed by atoms with Crippen molar-refractivity contribution in [1.29, 1.82) is 0 Å². The molecule has 0 fully saturated rings. The van der Waals surface area contributed by atoms with E-state index in [1.807, 2.05) is 13.8 Å². The Labute approximate surface area is 95.6 Å². The molecule has 0 atom stereocenters. The largest absolute Gasteiger partial charge is 0.339 e. The third kappa shape index (κ3) is 2.70. The van der Waals surface area contributed by atoms with Crippen molar-refractivity contribution < 1.29 is 4.79 Å². The molecule has 0 aromatic carbocycles. The first-order valence-corrected chi connectivity index (χ1v) is 5.44. The standard InChI is InChI=1S/C11H18N4O/c1-3-7-15(4-2)11(16)9-8-13-6-5-10(9)14-12/h5-6,8H,3-4,7,12H2,1-2H3,(H,13,14). The van der Waals surface area contributed by atoms with Gasteiger partial charge in [-0.3, -0.25) is 15.6 Å².